The van der Waals surface area contributed by atoms with Crippen molar-refractivity contribution < 1.29 is 19.4 Å². The minimum Gasteiger partial charge on any atom is -0.487 e. The van der Waals surface area contributed by atoms with Gasteiger partial charge in [0.25, 0.3) is 0 Å². The number of rotatable bonds is 5. The number of carbonyl (C=O) groups is 1. The first kappa shape index (κ1) is 21.6. The zero-order valence-electron chi connectivity index (χ0n) is 18.9. The third-order valence-electron chi connectivity index (χ3n) is 6.73. The van der Waals surface area contributed by atoms with Gasteiger partial charge >= 0.3 is 5.97 Å². The summed E-state index contributed by atoms with van der Waals surface area (Å²) in [6.07, 6.45) is 6.69. The maximum atomic E-state index is 11.2. The number of carboxylic acids is 1. The molecule has 4 rings (SSSR count). The van der Waals surface area contributed by atoms with Gasteiger partial charge in [-0.25, -0.2) is 4.79 Å². The molecule has 0 aromatic heterocycles. The average Bonchev–Trinajstić information content (AvgIpc) is 2.73. The van der Waals surface area contributed by atoms with Crippen LogP contribution in [0.1, 0.15) is 75.4 Å². The van der Waals surface area contributed by atoms with Crippen LogP contribution in [-0.2, 0) is 4.74 Å². The van der Waals surface area contributed by atoms with Gasteiger partial charge in [-0.2, -0.15) is 0 Å². The Balaban J connectivity index is 1.69. The quantitative estimate of drug-likeness (QED) is 0.540. The highest BCUT2D eigenvalue weighted by Gasteiger charge is 2.49. The molecule has 0 aliphatic carbocycles. The fourth-order valence-corrected chi connectivity index (χ4v) is 4.95. The van der Waals surface area contributed by atoms with Crippen molar-refractivity contribution in [3.05, 3.63) is 65.2 Å². The summed E-state index contributed by atoms with van der Waals surface area (Å²) in [6, 6.07) is 13.3. The number of hydrogen-bond donors (Lipinski definition) is 1. The Morgan fingerprint density at radius 3 is 2.52 bits per heavy atom. The highest BCUT2D eigenvalue weighted by molar-refractivity contribution is 5.88. The third-order valence-corrected chi connectivity index (χ3v) is 6.73. The van der Waals surface area contributed by atoms with Gasteiger partial charge in [0.1, 0.15) is 11.4 Å². The molecular formula is C27H32O4. The van der Waals surface area contributed by atoms with Crippen LogP contribution >= 0.6 is 0 Å². The van der Waals surface area contributed by atoms with Crippen LogP contribution in [0.25, 0.3) is 11.1 Å². The molecule has 0 spiro atoms. The van der Waals surface area contributed by atoms with E-state index in [4.69, 9.17) is 14.6 Å². The first-order valence-electron chi connectivity index (χ1n) is 11.2. The van der Waals surface area contributed by atoms with Crippen molar-refractivity contribution in [3.63, 3.8) is 0 Å². The van der Waals surface area contributed by atoms with Crippen LogP contribution in [0.4, 0.5) is 0 Å². The van der Waals surface area contributed by atoms with Crippen LogP contribution in [0.3, 0.4) is 0 Å². The number of ether oxygens (including phenoxy) is 2. The molecule has 4 nitrogen and oxygen atoms in total. The minimum atomic E-state index is -0.915. The monoisotopic (exact) mass is 420 g/mol. The Kier molecular flexibility index (Phi) is 5.94. The summed E-state index contributed by atoms with van der Waals surface area (Å²) < 4.78 is 13.2. The maximum absolute atomic E-state index is 11.2. The lowest BCUT2D eigenvalue weighted by atomic mass is 9.72. The second-order valence-corrected chi connectivity index (χ2v) is 9.42. The molecule has 0 amide bonds. The molecule has 2 aliphatic rings. The standard InChI is InChI=1S/C27H32O4/c1-17(2)6-5-15-27(4)23-14-7-18(3)30-25(23)22-13-12-21(16-24(22)31-27)19-8-10-20(11-9-19)26(28)29/h6,8-13,16,18,23,25H,5,7,14-15H2,1-4H3,(H,28,29)/t18-,23-,25+,27+/m1/s1. The molecule has 0 unspecified atom stereocenters. The normalized spacial score (nSPS) is 26.9. The molecule has 2 aromatic rings. The Morgan fingerprint density at radius 1 is 1.13 bits per heavy atom. The smallest absolute Gasteiger partial charge is 0.335 e. The lowest BCUT2D eigenvalue weighted by molar-refractivity contribution is -0.151. The lowest BCUT2D eigenvalue weighted by Crippen LogP contribution is -2.50. The topological polar surface area (TPSA) is 55.8 Å². The molecule has 2 heterocycles. The zero-order valence-corrected chi connectivity index (χ0v) is 18.9. The summed E-state index contributed by atoms with van der Waals surface area (Å²) in [7, 11) is 0. The Labute approximate surface area is 184 Å². The van der Waals surface area contributed by atoms with Gasteiger partial charge in [-0.15, -0.1) is 0 Å². The predicted molar refractivity (Wildman–Crippen MR) is 123 cm³/mol. The highest BCUT2D eigenvalue weighted by Crippen LogP contribution is 2.52. The van der Waals surface area contributed by atoms with Gasteiger partial charge in [0, 0.05) is 11.5 Å². The molecule has 31 heavy (non-hydrogen) atoms. The van der Waals surface area contributed by atoms with Crippen molar-refractivity contribution in [3.8, 4) is 16.9 Å². The van der Waals surface area contributed by atoms with Crippen molar-refractivity contribution >= 4 is 5.97 Å². The van der Waals surface area contributed by atoms with E-state index in [-0.39, 0.29) is 23.4 Å². The van der Waals surface area contributed by atoms with Crippen LogP contribution in [0.15, 0.2) is 54.1 Å². The van der Waals surface area contributed by atoms with E-state index in [1.54, 1.807) is 12.1 Å². The number of benzene rings is 2. The lowest BCUT2D eigenvalue weighted by Gasteiger charge is -2.50. The van der Waals surface area contributed by atoms with Gasteiger partial charge in [0.05, 0.1) is 17.8 Å². The van der Waals surface area contributed by atoms with Crippen LogP contribution in [-0.4, -0.2) is 22.8 Å². The van der Waals surface area contributed by atoms with Crippen LogP contribution in [0, 0.1) is 5.92 Å². The summed E-state index contributed by atoms with van der Waals surface area (Å²) in [5, 5.41) is 9.16. The molecule has 0 saturated carbocycles. The van der Waals surface area contributed by atoms with Crippen LogP contribution < -0.4 is 4.74 Å². The fourth-order valence-electron chi connectivity index (χ4n) is 4.95. The summed E-state index contributed by atoms with van der Waals surface area (Å²) in [4.78, 5) is 11.2. The molecule has 1 N–H and O–H groups in total. The largest absolute Gasteiger partial charge is 0.487 e. The van der Waals surface area contributed by atoms with E-state index < -0.39 is 5.97 Å². The second kappa shape index (κ2) is 8.51. The number of aromatic carboxylic acids is 1. The maximum Gasteiger partial charge on any atom is 0.335 e. The van der Waals surface area contributed by atoms with Crippen molar-refractivity contribution in [1.29, 1.82) is 0 Å². The molecular weight excluding hydrogens is 388 g/mol. The van der Waals surface area contributed by atoms with Crippen molar-refractivity contribution in [2.24, 2.45) is 5.92 Å². The molecule has 2 aromatic carbocycles. The number of fused-ring (bicyclic) bond motifs is 3. The SMILES string of the molecule is CC(C)=CCC[C@]1(C)Oc2cc(-c3ccc(C(=O)O)cc3)ccc2[C@@H]2O[C@H](C)CC[C@H]21. The molecule has 0 bridgehead atoms. The highest BCUT2D eigenvalue weighted by atomic mass is 16.5. The number of allylic oxidation sites excluding steroid dienone is 2. The fraction of sp³-hybridized carbons (Fsp3) is 0.444. The van der Waals surface area contributed by atoms with E-state index in [0.717, 1.165) is 48.1 Å². The van der Waals surface area contributed by atoms with Gasteiger partial charge in [0.2, 0.25) is 0 Å². The molecule has 1 fully saturated rings. The molecule has 0 radical (unpaired) electrons. The van der Waals surface area contributed by atoms with E-state index in [9.17, 15) is 4.79 Å². The Hall–Kier alpha value is -2.59. The van der Waals surface area contributed by atoms with E-state index in [0.29, 0.717) is 5.92 Å². The summed E-state index contributed by atoms with van der Waals surface area (Å²) in [5.74, 6) is 0.305. The first-order valence-corrected chi connectivity index (χ1v) is 11.2. The molecule has 4 heteroatoms. The van der Waals surface area contributed by atoms with E-state index >= 15 is 0 Å². The van der Waals surface area contributed by atoms with Gasteiger partial charge in [-0.3, -0.25) is 0 Å². The summed E-state index contributed by atoms with van der Waals surface area (Å²) >= 11 is 0. The van der Waals surface area contributed by atoms with Crippen molar-refractivity contribution in [2.75, 3.05) is 0 Å². The van der Waals surface area contributed by atoms with Crippen molar-refractivity contribution in [2.45, 2.75) is 71.2 Å². The van der Waals surface area contributed by atoms with Crippen LogP contribution in [0.2, 0.25) is 0 Å². The molecule has 1 saturated heterocycles. The molecule has 2 aliphatic heterocycles. The van der Waals surface area contributed by atoms with E-state index in [1.165, 1.54) is 5.57 Å². The number of carboxylic acid groups (broad SMARTS) is 1. The summed E-state index contributed by atoms with van der Waals surface area (Å²) in [5.41, 5.74) is 4.46. The molecule has 4 atom stereocenters. The van der Waals surface area contributed by atoms with E-state index in [1.807, 2.05) is 12.1 Å². The van der Waals surface area contributed by atoms with Crippen molar-refractivity contribution in [1.82, 2.24) is 0 Å². The van der Waals surface area contributed by atoms with Gasteiger partial charge in [0.15, 0.2) is 0 Å². The molecule has 164 valence electrons. The second-order valence-electron chi connectivity index (χ2n) is 9.42. The van der Waals surface area contributed by atoms with Gasteiger partial charge in [-0.05, 0) is 82.7 Å². The van der Waals surface area contributed by atoms with Crippen LogP contribution in [0.5, 0.6) is 5.75 Å². The van der Waals surface area contributed by atoms with Gasteiger partial charge < -0.3 is 14.6 Å². The Morgan fingerprint density at radius 2 is 1.84 bits per heavy atom. The first-order chi connectivity index (χ1) is 14.8. The zero-order chi connectivity index (χ0) is 22.2. The predicted octanol–water partition coefficient (Wildman–Crippen LogP) is 6.81. The number of hydrogen-bond acceptors (Lipinski definition) is 3. The van der Waals surface area contributed by atoms with E-state index in [2.05, 4.69) is 52.0 Å². The van der Waals surface area contributed by atoms with Gasteiger partial charge in [-0.1, -0.05) is 35.9 Å². The Bertz CT molecular complexity index is 987. The average molecular weight is 421 g/mol. The minimum absolute atomic E-state index is 0.0487. The third kappa shape index (κ3) is 4.40. The summed E-state index contributed by atoms with van der Waals surface area (Å²) in [6.45, 7) is 8.66.